The summed E-state index contributed by atoms with van der Waals surface area (Å²) >= 11 is 0. The molecule has 0 aliphatic heterocycles. The molecule has 0 bridgehead atoms. The molecule has 0 atom stereocenters. The molecule has 1 heterocycles. The van der Waals surface area contributed by atoms with Crippen molar-refractivity contribution in [2.75, 3.05) is 7.05 Å². The predicted octanol–water partition coefficient (Wildman–Crippen LogP) is 2.09. The highest BCUT2D eigenvalue weighted by Gasteiger charge is 2.11. The largest absolute Gasteiger partial charge is 0.457 e. The van der Waals surface area contributed by atoms with Gasteiger partial charge in [0.25, 0.3) is 5.91 Å². The molecule has 1 aromatic heterocycles. The van der Waals surface area contributed by atoms with Crippen molar-refractivity contribution < 1.29 is 9.53 Å². The van der Waals surface area contributed by atoms with Gasteiger partial charge in [0.2, 0.25) is 0 Å². The van der Waals surface area contributed by atoms with Gasteiger partial charge in [-0.1, -0.05) is 12.1 Å². The van der Waals surface area contributed by atoms with Crippen LogP contribution in [0.4, 0.5) is 0 Å². The van der Waals surface area contributed by atoms with Gasteiger partial charge in [-0.3, -0.25) is 15.1 Å². The SMILES string of the molecule is CN=C(N)NC(=O)c1cc2ccc(Oc3cccc(CN)c3)cc2[nH]1. The van der Waals surface area contributed by atoms with E-state index in [1.807, 2.05) is 42.5 Å². The van der Waals surface area contributed by atoms with E-state index in [2.05, 4.69) is 15.3 Å². The van der Waals surface area contributed by atoms with Crippen LogP contribution < -0.4 is 21.5 Å². The summed E-state index contributed by atoms with van der Waals surface area (Å²) in [6.07, 6.45) is 0. The topological polar surface area (TPSA) is 119 Å². The van der Waals surface area contributed by atoms with Gasteiger partial charge in [-0.15, -0.1) is 0 Å². The molecule has 25 heavy (non-hydrogen) atoms. The molecule has 0 aliphatic rings. The molecule has 0 spiro atoms. The number of carbonyl (C=O) groups excluding carboxylic acids is 1. The zero-order chi connectivity index (χ0) is 17.8. The van der Waals surface area contributed by atoms with Crippen molar-refractivity contribution in [2.45, 2.75) is 6.54 Å². The Morgan fingerprint density at radius 2 is 2.00 bits per heavy atom. The number of fused-ring (bicyclic) bond motifs is 1. The van der Waals surface area contributed by atoms with Gasteiger partial charge in [-0.25, -0.2) is 0 Å². The summed E-state index contributed by atoms with van der Waals surface area (Å²) in [5.74, 6) is 1.08. The lowest BCUT2D eigenvalue weighted by molar-refractivity contribution is 0.0972. The summed E-state index contributed by atoms with van der Waals surface area (Å²) in [7, 11) is 1.50. The van der Waals surface area contributed by atoms with E-state index in [0.29, 0.717) is 23.7 Å². The molecule has 6 N–H and O–H groups in total. The number of ether oxygens (including phenoxy) is 1. The fourth-order valence-corrected chi connectivity index (χ4v) is 2.40. The van der Waals surface area contributed by atoms with E-state index in [1.54, 1.807) is 6.07 Å². The van der Waals surface area contributed by atoms with Gasteiger partial charge in [0.1, 0.15) is 17.2 Å². The Morgan fingerprint density at radius 3 is 2.76 bits per heavy atom. The first-order valence-electron chi connectivity index (χ1n) is 7.72. The molecule has 7 heteroatoms. The highest BCUT2D eigenvalue weighted by Crippen LogP contribution is 2.26. The predicted molar refractivity (Wildman–Crippen MR) is 97.7 cm³/mol. The van der Waals surface area contributed by atoms with Crippen LogP contribution in [0.2, 0.25) is 0 Å². The van der Waals surface area contributed by atoms with Gasteiger partial charge in [0.05, 0.1) is 0 Å². The van der Waals surface area contributed by atoms with E-state index in [9.17, 15) is 4.79 Å². The molecule has 2 aromatic carbocycles. The lowest BCUT2D eigenvalue weighted by atomic mass is 10.2. The van der Waals surface area contributed by atoms with Crippen molar-refractivity contribution in [2.24, 2.45) is 16.5 Å². The van der Waals surface area contributed by atoms with Gasteiger partial charge in [0.15, 0.2) is 5.96 Å². The maximum Gasteiger partial charge on any atom is 0.274 e. The molecular weight excluding hydrogens is 318 g/mol. The first-order chi connectivity index (χ1) is 12.1. The van der Waals surface area contributed by atoms with E-state index in [-0.39, 0.29) is 11.9 Å². The molecule has 3 rings (SSSR count). The highest BCUT2D eigenvalue weighted by atomic mass is 16.5. The van der Waals surface area contributed by atoms with Gasteiger partial charge < -0.3 is 21.2 Å². The van der Waals surface area contributed by atoms with Crippen LogP contribution in [0.3, 0.4) is 0 Å². The number of nitrogens with two attached hydrogens (primary N) is 2. The third-order valence-corrected chi connectivity index (χ3v) is 3.69. The highest BCUT2D eigenvalue weighted by molar-refractivity contribution is 6.06. The number of guanidine groups is 1. The number of amides is 1. The van der Waals surface area contributed by atoms with Gasteiger partial charge in [-0.2, -0.15) is 0 Å². The Kier molecular flexibility index (Phi) is 4.67. The van der Waals surface area contributed by atoms with Gasteiger partial charge >= 0.3 is 0 Å². The van der Waals surface area contributed by atoms with E-state index in [0.717, 1.165) is 16.5 Å². The smallest absolute Gasteiger partial charge is 0.274 e. The third kappa shape index (κ3) is 3.78. The minimum atomic E-state index is -0.350. The van der Waals surface area contributed by atoms with Crippen molar-refractivity contribution >= 4 is 22.8 Å². The monoisotopic (exact) mass is 337 g/mol. The van der Waals surface area contributed by atoms with E-state index in [1.165, 1.54) is 7.05 Å². The number of hydrogen-bond acceptors (Lipinski definition) is 4. The third-order valence-electron chi connectivity index (χ3n) is 3.69. The first-order valence-corrected chi connectivity index (χ1v) is 7.72. The average Bonchev–Trinajstić information content (AvgIpc) is 3.05. The summed E-state index contributed by atoms with van der Waals surface area (Å²) in [6, 6.07) is 14.9. The Labute approximate surface area is 144 Å². The summed E-state index contributed by atoms with van der Waals surface area (Å²) in [4.78, 5) is 18.8. The van der Waals surface area contributed by atoms with Crippen LogP contribution in [0.15, 0.2) is 53.5 Å². The van der Waals surface area contributed by atoms with Gasteiger partial charge in [0, 0.05) is 30.6 Å². The van der Waals surface area contributed by atoms with E-state index < -0.39 is 0 Å². The Hall–Kier alpha value is -3.32. The second kappa shape index (κ2) is 7.06. The molecule has 0 radical (unpaired) electrons. The van der Waals surface area contributed by atoms with Gasteiger partial charge in [-0.05, 0) is 35.9 Å². The van der Waals surface area contributed by atoms with Crippen molar-refractivity contribution in [3.05, 3.63) is 59.8 Å². The lowest BCUT2D eigenvalue weighted by Gasteiger charge is -2.07. The zero-order valence-electron chi connectivity index (χ0n) is 13.7. The van der Waals surface area contributed by atoms with E-state index in [4.69, 9.17) is 16.2 Å². The van der Waals surface area contributed by atoms with Crippen LogP contribution >= 0.6 is 0 Å². The van der Waals surface area contributed by atoms with E-state index >= 15 is 0 Å². The fraction of sp³-hybridized carbons (Fsp3) is 0.111. The fourth-order valence-electron chi connectivity index (χ4n) is 2.40. The molecule has 128 valence electrons. The maximum absolute atomic E-state index is 12.1. The Bertz CT molecular complexity index is 946. The minimum Gasteiger partial charge on any atom is -0.457 e. The van der Waals surface area contributed by atoms with Crippen LogP contribution in [0.5, 0.6) is 11.5 Å². The summed E-state index contributed by atoms with van der Waals surface area (Å²) < 4.78 is 5.87. The Morgan fingerprint density at radius 1 is 1.20 bits per heavy atom. The minimum absolute atomic E-state index is 0.0625. The number of aliphatic imine (C=N–C) groups is 1. The molecule has 3 aromatic rings. The van der Waals surface area contributed by atoms with Crippen LogP contribution in [0.25, 0.3) is 10.9 Å². The second-order valence-electron chi connectivity index (χ2n) is 5.45. The molecular formula is C18H19N5O2. The number of nitrogens with one attached hydrogen (secondary N) is 2. The Balaban J connectivity index is 1.83. The molecule has 0 fully saturated rings. The number of benzene rings is 2. The molecule has 0 aliphatic carbocycles. The number of carbonyl (C=O) groups is 1. The number of hydrogen-bond donors (Lipinski definition) is 4. The van der Waals surface area contributed by atoms with Crippen molar-refractivity contribution in [1.29, 1.82) is 0 Å². The number of rotatable bonds is 4. The summed E-state index contributed by atoms with van der Waals surface area (Å²) in [5, 5.41) is 3.38. The normalized spacial score (nSPS) is 11.5. The maximum atomic E-state index is 12.1. The van der Waals surface area contributed by atoms with Crippen molar-refractivity contribution in [3.63, 3.8) is 0 Å². The second-order valence-corrected chi connectivity index (χ2v) is 5.45. The number of aromatic amines is 1. The molecule has 7 nitrogen and oxygen atoms in total. The molecule has 1 amide bonds. The number of H-pyrrole nitrogens is 1. The zero-order valence-corrected chi connectivity index (χ0v) is 13.7. The number of aromatic nitrogens is 1. The summed E-state index contributed by atoms with van der Waals surface area (Å²) in [6.45, 7) is 0.454. The van der Waals surface area contributed by atoms with Crippen LogP contribution in [0, 0.1) is 0 Å². The summed E-state index contributed by atoms with van der Waals surface area (Å²) in [5.41, 5.74) is 13.3. The molecule has 0 saturated carbocycles. The molecule has 0 saturated heterocycles. The van der Waals surface area contributed by atoms with Crippen molar-refractivity contribution in [3.8, 4) is 11.5 Å². The van der Waals surface area contributed by atoms with Crippen LogP contribution in [-0.4, -0.2) is 23.9 Å². The van der Waals surface area contributed by atoms with Crippen LogP contribution in [0.1, 0.15) is 16.1 Å². The quantitative estimate of drug-likeness (QED) is 0.430. The van der Waals surface area contributed by atoms with Crippen molar-refractivity contribution in [1.82, 2.24) is 10.3 Å². The lowest BCUT2D eigenvalue weighted by Crippen LogP contribution is -2.36. The molecule has 0 unspecified atom stereocenters. The first kappa shape index (κ1) is 16.5. The van der Waals surface area contributed by atoms with Crippen LogP contribution in [-0.2, 0) is 6.54 Å². The number of nitrogens with zero attached hydrogens (tertiary/aromatic N) is 1. The standard InChI is InChI=1S/C18H19N5O2/c1-21-18(20)23-17(24)16-8-12-5-6-14(9-15(12)22-16)25-13-4-2-3-11(7-13)10-19/h2-9,22H,10,19H2,1H3,(H3,20,21,23,24). The average molecular weight is 337 g/mol.